The van der Waals surface area contributed by atoms with E-state index in [0.717, 1.165) is 10.9 Å². The summed E-state index contributed by atoms with van der Waals surface area (Å²) in [5.41, 5.74) is 0.933. The van der Waals surface area contributed by atoms with E-state index >= 15 is 0 Å². The van der Waals surface area contributed by atoms with Gasteiger partial charge in [-0.25, -0.2) is 0 Å². The average molecular weight is 261 g/mol. The van der Waals surface area contributed by atoms with Crippen LogP contribution in [0.15, 0.2) is 30.5 Å². The lowest BCUT2D eigenvalue weighted by Crippen LogP contribution is -2.27. The van der Waals surface area contributed by atoms with Gasteiger partial charge >= 0.3 is 11.9 Å². The molecule has 0 aliphatic carbocycles. The summed E-state index contributed by atoms with van der Waals surface area (Å²) < 4.78 is 5.13. The van der Waals surface area contributed by atoms with Crippen molar-refractivity contribution >= 4 is 22.8 Å². The van der Waals surface area contributed by atoms with Crippen LogP contribution in [0.2, 0.25) is 0 Å². The van der Waals surface area contributed by atoms with E-state index in [9.17, 15) is 9.59 Å². The number of ether oxygens (including phenoxy) is 1. The highest BCUT2D eigenvalue weighted by Gasteiger charge is 2.27. The largest absolute Gasteiger partial charge is 0.481 e. The summed E-state index contributed by atoms with van der Waals surface area (Å²) in [7, 11) is 0. The van der Waals surface area contributed by atoms with Crippen LogP contribution < -0.4 is 4.74 Å². The molecule has 100 valence electrons. The molecule has 0 aliphatic heterocycles. The molecule has 0 radical (unpaired) electrons. The molecule has 0 fully saturated rings. The number of rotatable bonds is 5. The van der Waals surface area contributed by atoms with Crippen LogP contribution in [0, 0.1) is 5.92 Å². The Labute approximate surface area is 110 Å². The summed E-state index contributed by atoms with van der Waals surface area (Å²) in [6, 6.07) is 6.98. The first-order chi connectivity index (χ1) is 9.11. The van der Waals surface area contributed by atoms with Gasteiger partial charge in [0, 0.05) is 17.1 Å². The predicted octanol–water partition coefficient (Wildman–Crippen LogP) is 2.57. The number of carbonyl (C=O) groups is 2. The molecule has 0 saturated heterocycles. The maximum atomic E-state index is 11.8. The Morgan fingerprint density at radius 2 is 2.16 bits per heavy atom. The lowest BCUT2D eigenvalue weighted by Gasteiger charge is -2.10. The minimum atomic E-state index is -1.14. The third-order valence-electron chi connectivity index (χ3n) is 2.90. The summed E-state index contributed by atoms with van der Waals surface area (Å²) in [6.07, 6.45) is 2.68. The van der Waals surface area contributed by atoms with E-state index < -0.39 is 17.9 Å². The number of aromatic nitrogens is 1. The minimum Gasteiger partial charge on any atom is -0.481 e. The van der Waals surface area contributed by atoms with Crippen molar-refractivity contribution in [2.75, 3.05) is 0 Å². The fraction of sp³-hybridized carbons (Fsp3) is 0.286. The third kappa shape index (κ3) is 2.93. The second kappa shape index (κ2) is 5.56. The van der Waals surface area contributed by atoms with Gasteiger partial charge in [0.15, 0.2) is 5.92 Å². The molecule has 1 aromatic carbocycles. The van der Waals surface area contributed by atoms with Crippen LogP contribution in [-0.4, -0.2) is 22.0 Å². The predicted molar refractivity (Wildman–Crippen MR) is 70.0 cm³/mol. The van der Waals surface area contributed by atoms with Crippen molar-refractivity contribution in [1.82, 2.24) is 4.98 Å². The Morgan fingerprint density at radius 1 is 1.37 bits per heavy atom. The summed E-state index contributed by atoms with van der Waals surface area (Å²) in [4.78, 5) is 25.8. The second-order valence-electron chi connectivity index (χ2n) is 4.33. The molecule has 2 aromatic rings. The van der Waals surface area contributed by atoms with Crippen molar-refractivity contribution in [2.24, 2.45) is 5.92 Å². The van der Waals surface area contributed by atoms with Crippen LogP contribution in [0.3, 0.4) is 0 Å². The quantitative estimate of drug-likeness (QED) is 0.492. The zero-order valence-corrected chi connectivity index (χ0v) is 10.6. The number of hydrogen-bond acceptors (Lipinski definition) is 3. The fourth-order valence-corrected chi connectivity index (χ4v) is 1.91. The first-order valence-electron chi connectivity index (χ1n) is 6.13. The SMILES string of the molecule is CCCC(C(=O)O)C(=O)Oc1ccc2[nH]ccc2c1. The van der Waals surface area contributed by atoms with Crippen molar-refractivity contribution in [3.05, 3.63) is 30.5 Å². The van der Waals surface area contributed by atoms with Crippen molar-refractivity contribution in [2.45, 2.75) is 19.8 Å². The van der Waals surface area contributed by atoms with Crippen molar-refractivity contribution in [1.29, 1.82) is 0 Å². The number of nitrogens with one attached hydrogen (secondary N) is 1. The normalized spacial score (nSPS) is 12.3. The molecule has 0 aliphatic rings. The number of carbonyl (C=O) groups excluding carboxylic acids is 1. The highest BCUT2D eigenvalue weighted by molar-refractivity contribution is 5.95. The second-order valence-corrected chi connectivity index (χ2v) is 4.33. The van der Waals surface area contributed by atoms with Crippen LogP contribution >= 0.6 is 0 Å². The molecule has 0 amide bonds. The maximum absolute atomic E-state index is 11.8. The van der Waals surface area contributed by atoms with E-state index in [1.807, 2.05) is 13.0 Å². The van der Waals surface area contributed by atoms with Crippen LogP contribution in [0.1, 0.15) is 19.8 Å². The van der Waals surface area contributed by atoms with Crippen molar-refractivity contribution < 1.29 is 19.4 Å². The lowest BCUT2D eigenvalue weighted by molar-refractivity contribution is -0.153. The van der Waals surface area contributed by atoms with Gasteiger partial charge in [0.05, 0.1) is 0 Å². The van der Waals surface area contributed by atoms with E-state index in [0.29, 0.717) is 12.2 Å². The van der Waals surface area contributed by atoms with Gasteiger partial charge in [0.2, 0.25) is 0 Å². The van der Waals surface area contributed by atoms with Gasteiger partial charge in [-0.05, 0) is 30.7 Å². The molecule has 0 saturated carbocycles. The molecular formula is C14H15NO4. The molecule has 19 heavy (non-hydrogen) atoms. The molecule has 1 heterocycles. The molecule has 0 spiro atoms. The van der Waals surface area contributed by atoms with Gasteiger partial charge in [-0.1, -0.05) is 13.3 Å². The standard InChI is InChI=1S/C14H15NO4/c1-2-3-11(13(16)17)14(18)19-10-4-5-12-9(8-10)6-7-15-12/h4-8,11,15H,2-3H2,1H3,(H,16,17). The number of benzene rings is 1. The van der Waals surface area contributed by atoms with Gasteiger partial charge in [-0.15, -0.1) is 0 Å². The number of esters is 1. The van der Waals surface area contributed by atoms with E-state index in [-0.39, 0.29) is 6.42 Å². The molecular weight excluding hydrogens is 246 g/mol. The van der Waals surface area contributed by atoms with Crippen LogP contribution in [0.25, 0.3) is 10.9 Å². The van der Waals surface area contributed by atoms with E-state index in [2.05, 4.69) is 4.98 Å². The van der Waals surface area contributed by atoms with E-state index in [1.54, 1.807) is 24.4 Å². The Morgan fingerprint density at radius 3 is 2.84 bits per heavy atom. The molecule has 1 aromatic heterocycles. The number of fused-ring (bicyclic) bond motifs is 1. The molecule has 5 nitrogen and oxygen atoms in total. The van der Waals surface area contributed by atoms with Gasteiger partial charge in [-0.2, -0.15) is 0 Å². The van der Waals surface area contributed by atoms with Crippen LogP contribution in [-0.2, 0) is 9.59 Å². The molecule has 1 atom stereocenters. The summed E-state index contributed by atoms with van der Waals surface area (Å²) in [6.45, 7) is 1.83. The zero-order valence-electron chi connectivity index (χ0n) is 10.6. The Kier molecular flexibility index (Phi) is 3.85. The molecule has 2 N–H and O–H groups in total. The van der Waals surface area contributed by atoms with Gasteiger partial charge in [-0.3, -0.25) is 9.59 Å². The molecule has 1 unspecified atom stereocenters. The number of carboxylic acid groups (broad SMARTS) is 1. The average Bonchev–Trinajstić information content (AvgIpc) is 2.82. The first-order valence-corrected chi connectivity index (χ1v) is 6.13. The summed E-state index contributed by atoms with van der Waals surface area (Å²) >= 11 is 0. The lowest BCUT2D eigenvalue weighted by atomic mass is 10.0. The number of H-pyrrole nitrogens is 1. The number of carboxylic acids is 1. The number of aliphatic carboxylic acids is 1. The van der Waals surface area contributed by atoms with Gasteiger partial charge in [0.25, 0.3) is 0 Å². The van der Waals surface area contributed by atoms with E-state index in [1.165, 1.54) is 0 Å². The van der Waals surface area contributed by atoms with Crippen LogP contribution in [0.5, 0.6) is 5.75 Å². The monoisotopic (exact) mass is 261 g/mol. The zero-order chi connectivity index (χ0) is 13.8. The Balaban J connectivity index is 2.14. The molecule has 2 rings (SSSR count). The minimum absolute atomic E-state index is 0.278. The number of hydrogen-bond donors (Lipinski definition) is 2. The highest BCUT2D eigenvalue weighted by atomic mass is 16.5. The first kappa shape index (κ1) is 13.1. The van der Waals surface area contributed by atoms with Gasteiger partial charge < -0.3 is 14.8 Å². The smallest absolute Gasteiger partial charge is 0.325 e. The third-order valence-corrected chi connectivity index (χ3v) is 2.90. The maximum Gasteiger partial charge on any atom is 0.325 e. The topological polar surface area (TPSA) is 79.4 Å². The van der Waals surface area contributed by atoms with Crippen LogP contribution in [0.4, 0.5) is 0 Å². The Bertz CT molecular complexity index is 602. The summed E-state index contributed by atoms with van der Waals surface area (Å²) in [5.74, 6) is -2.61. The Hall–Kier alpha value is -2.30. The fourth-order valence-electron chi connectivity index (χ4n) is 1.91. The molecule has 5 heteroatoms. The highest BCUT2D eigenvalue weighted by Crippen LogP contribution is 2.21. The van der Waals surface area contributed by atoms with Gasteiger partial charge in [0.1, 0.15) is 5.75 Å². The number of aromatic amines is 1. The molecule has 0 bridgehead atoms. The van der Waals surface area contributed by atoms with Crippen molar-refractivity contribution in [3.63, 3.8) is 0 Å². The van der Waals surface area contributed by atoms with Crippen molar-refractivity contribution in [3.8, 4) is 5.75 Å². The summed E-state index contributed by atoms with van der Waals surface area (Å²) in [5, 5.41) is 9.90. The van der Waals surface area contributed by atoms with E-state index in [4.69, 9.17) is 9.84 Å².